The molecule has 2 rings (SSSR count). The molecule has 0 radical (unpaired) electrons. The highest BCUT2D eigenvalue weighted by atomic mass is 79.9. The molecule has 0 amide bonds. The molecule has 2 aromatic carbocycles. The molecule has 0 aliphatic rings. The van der Waals surface area contributed by atoms with Crippen molar-refractivity contribution in [2.24, 2.45) is 4.36 Å². The average Bonchev–Trinajstić information content (AvgIpc) is 2.47. The van der Waals surface area contributed by atoms with Crippen LogP contribution < -0.4 is 5.73 Å². The van der Waals surface area contributed by atoms with Crippen LogP contribution in [0.15, 0.2) is 46.5 Å². The van der Waals surface area contributed by atoms with Crippen molar-refractivity contribution in [2.75, 3.05) is 5.73 Å². The van der Waals surface area contributed by atoms with Gasteiger partial charge in [0.2, 0.25) is 0 Å². The lowest BCUT2D eigenvalue weighted by Gasteiger charge is -2.28. The second-order valence-corrected chi connectivity index (χ2v) is 9.61. The number of anilines is 1. The van der Waals surface area contributed by atoms with Gasteiger partial charge in [-0.1, -0.05) is 13.8 Å². The van der Waals surface area contributed by atoms with E-state index in [0.29, 0.717) is 20.3 Å². The van der Waals surface area contributed by atoms with Crippen LogP contribution in [0, 0.1) is 0 Å². The van der Waals surface area contributed by atoms with E-state index in [1.165, 1.54) is 0 Å². The largest absolute Gasteiger partial charge is 0.397 e. The van der Waals surface area contributed by atoms with Gasteiger partial charge in [0.1, 0.15) is 5.69 Å². The van der Waals surface area contributed by atoms with Crippen LogP contribution in [0.1, 0.15) is 25.0 Å². The van der Waals surface area contributed by atoms with Crippen molar-refractivity contribution in [3.8, 4) is 0 Å². The molecule has 0 aliphatic heterocycles. The number of nitrogens with two attached hydrogens (primary N) is 1. The number of rotatable bonds is 3. The predicted molar refractivity (Wildman–Crippen MR) is 111 cm³/mol. The van der Waals surface area contributed by atoms with Crippen LogP contribution in [-0.2, 0) is 15.9 Å². The molecular weight excluding hydrogens is 592 g/mol. The Labute approximate surface area is 175 Å². The van der Waals surface area contributed by atoms with Crippen LogP contribution in [0.3, 0.4) is 0 Å². The first-order valence-corrected chi connectivity index (χ1v) is 10.8. The maximum absolute atomic E-state index is 10.9. The molecule has 2 aromatic rings. The zero-order chi connectivity index (χ0) is 18.2. The summed E-state index contributed by atoms with van der Waals surface area (Å²) in [6.45, 7) is 4.16. The Balaban J connectivity index is 2.64. The fourth-order valence-corrected chi connectivity index (χ4v) is 5.33. The predicted octanol–water partition coefficient (Wildman–Crippen LogP) is 6.34. The molecule has 0 aromatic heterocycles. The normalized spacial score (nSPS) is 11.4. The minimum Gasteiger partial charge on any atom is -0.397 e. The molecule has 0 fully saturated rings. The maximum Gasteiger partial charge on any atom is 0.316 e. The Kier molecular flexibility index (Phi) is 6.34. The molecule has 24 heavy (non-hydrogen) atoms. The summed E-state index contributed by atoms with van der Waals surface area (Å²) in [6, 6.07) is 7.70. The fraction of sp³-hybridized carbons (Fsp3) is 0.200. The van der Waals surface area contributed by atoms with Gasteiger partial charge in [0.15, 0.2) is 0 Å². The first-order valence-electron chi connectivity index (χ1n) is 6.59. The Hall–Kier alpha value is -0.220. The van der Waals surface area contributed by atoms with E-state index < -0.39 is 10.5 Å². The Bertz CT molecular complexity index is 902. The summed E-state index contributed by atoms with van der Waals surface area (Å²) in [5, 5.41) is 0. The van der Waals surface area contributed by atoms with Crippen LogP contribution in [0.5, 0.6) is 0 Å². The highest BCUT2D eigenvalue weighted by Crippen LogP contribution is 2.42. The zero-order valence-corrected chi connectivity index (χ0v) is 19.7. The van der Waals surface area contributed by atoms with E-state index in [4.69, 9.17) is 5.73 Å². The number of hydrogen-bond acceptors (Lipinski definition) is 4. The molecule has 0 saturated heterocycles. The molecule has 0 heterocycles. The number of hydrogen-bond donors (Lipinski definition) is 1. The van der Waals surface area contributed by atoms with E-state index in [-0.39, 0.29) is 5.41 Å². The summed E-state index contributed by atoms with van der Waals surface area (Å²) in [5.41, 5.74) is 8.63. The van der Waals surface area contributed by atoms with Crippen LogP contribution in [0.25, 0.3) is 0 Å². The van der Waals surface area contributed by atoms with Crippen molar-refractivity contribution >= 4 is 85.6 Å². The molecule has 0 spiro atoms. The first-order chi connectivity index (χ1) is 11.0. The molecular formula is C15H12Br4N2O2S. The standard InChI is InChI=1S/C15H12Br4N2O2S/c1-15(2,7-3-9(16)13(20)10(17)4-7)8-5-11(18)14(12(19)6-8)21-24(22)23/h3-6H,20H2,1-2H3. The van der Waals surface area contributed by atoms with Crippen LogP contribution >= 0.6 is 63.7 Å². The first kappa shape index (κ1) is 20.1. The molecule has 0 aliphatic carbocycles. The Morgan fingerprint density at radius 2 is 1.25 bits per heavy atom. The van der Waals surface area contributed by atoms with Crippen molar-refractivity contribution in [3.05, 3.63) is 53.3 Å². The summed E-state index contributed by atoms with van der Waals surface area (Å²) < 4.78 is 28.1. The summed E-state index contributed by atoms with van der Waals surface area (Å²) in [5.74, 6) is 0. The third kappa shape index (κ3) is 4.12. The maximum atomic E-state index is 10.9. The van der Waals surface area contributed by atoms with Crippen molar-refractivity contribution in [1.82, 2.24) is 0 Å². The monoisotopic (exact) mass is 600 g/mol. The Morgan fingerprint density at radius 3 is 1.62 bits per heavy atom. The molecule has 9 heteroatoms. The molecule has 0 bridgehead atoms. The van der Waals surface area contributed by atoms with E-state index in [2.05, 4.69) is 81.9 Å². The number of nitrogen functional groups attached to an aromatic ring is 1. The lowest BCUT2D eigenvalue weighted by atomic mass is 9.78. The third-order valence-corrected chi connectivity index (χ3v) is 6.56. The molecule has 0 unspecified atom stereocenters. The van der Waals surface area contributed by atoms with Crippen LogP contribution in [-0.4, -0.2) is 8.42 Å². The van der Waals surface area contributed by atoms with E-state index in [0.717, 1.165) is 20.1 Å². The lowest BCUT2D eigenvalue weighted by molar-refractivity contribution is 0.622. The molecule has 0 saturated carbocycles. The molecule has 2 N–H and O–H groups in total. The van der Waals surface area contributed by atoms with Gasteiger partial charge in [-0.3, -0.25) is 0 Å². The Morgan fingerprint density at radius 1 is 0.875 bits per heavy atom. The van der Waals surface area contributed by atoms with Crippen molar-refractivity contribution in [3.63, 3.8) is 0 Å². The summed E-state index contributed by atoms with van der Waals surface area (Å²) in [4.78, 5) is 0. The smallest absolute Gasteiger partial charge is 0.316 e. The molecule has 0 atom stereocenters. The van der Waals surface area contributed by atoms with Crippen LogP contribution in [0.4, 0.5) is 11.4 Å². The molecule has 128 valence electrons. The van der Waals surface area contributed by atoms with Gasteiger partial charge in [-0.2, -0.15) is 8.42 Å². The second kappa shape index (κ2) is 7.57. The number of nitrogens with zero attached hydrogens (tertiary/aromatic N) is 1. The quantitative estimate of drug-likeness (QED) is 0.416. The van der Waals surface area contributed by atoms with Crippen molar-refractivity contribution in [1.29, 1.82) is 0 Å². The van der Waals surface area contributed by atoms with Gasteiger partial charge in [-0.05, 0) is 99.1 Å². The van der Waals surface area contributed by atoms with Gasteiger partial charge in [0.05, 0.1) is 5.69 Å². The van der Waals surface area contributed by atoms with Gasteiger partial charge < -0.3 is 5.73 Å². The summed E-state index contributed by atoms with van der Waals surface area (Å²) in [7, 11) is -2.52. The number of halogens is 4. The van der Waals surface area contributed by atoms with Crippen molar-refractivity contribution in [2.45, 2.75) is 19.3 Å². The fourth-order valence-electron chi connectivity index (χ4n) is 2.20. The average molecular weight is 604 g/mol. The van der Waals surface area contributed by atoms with Gasteiger partial charge in [-0.15, -0.1) is 4.36 Å². The van der Waals surface area contributed by atoms with Gasteiger partial charge in [-0.25, -0.2) is 0 Å². The van der Waals surface area contributed by atoms with Crippen LogP contribution in [0.2, 0.25) is 0 Å². The lowest BCUT2D eigenvalue weighted by Crippen LogP contribution is -2.19. The minimum atomic E-state index is -2.52. The zero-order valence-electron chi connectivity index (χ0n) is 12.6. The van der Waals surface area contributed by atoms with Gasteiger partial charge in [0, 0.05) is 23.3 Å². The number of benzene rings is 2. The second-order valence-electron chi connectivity index (χ2n) is 5.58. The van der Waals surface area contributed by atoms with Gasteiger partial charge in [0.25, 0.3) is 0 Å². The third-order valence-electron chi connectivity index (χ3n) is 3.71. The minimum absolute atomic E-state index is 0.336. The topological polar surface area (TPSA) is 72.5 Å². The van der Waals surface area contributed by atoms with Gasteiger partial charge >= 0.3 is 10.5 Å². The summed E-state index contributed by atoms with van der Waals surface area (Å²) in [6.07, 6.45) is 0. The van der Waals surface area contributed by atoms with E-state index in [1.54, 1.807) is 0 Å². The highest BCUT2D eigenvalue weighted by Gasteiger charge is 2.26. The summed E-state index contributed by atoms with van der Waals surface area (Å²) >= 11 is 13.7. The van der Waals surface area contributed by atoms with E-state index in [9.17, 15) is 8.42 Å². The van der Waals surface area contributed by atoms with Crippen molar-refractivity contribution < 1.29 is 8.42 Å². The van der Waals surface area contributed by atoms with E-state index in [1.807, 2.05) is 24.3 Å². The SMILES string of the molecule is CC(C)(c1cc(Br)c(N)c(Br)c1)c1cc(Br)c(N=S(=O)=O)c(Br)c1. The molecule has 4 nitrogen and oxygen atoms in total. The van der Waals surface area contributed by atoms with E-state index >= 15 is 0 Å². The highest BCUT2D eigenvalue weighted by molar-refractivity contribution is 9.11.